The third-order valence-corrected chi connectivity index (χ3v) is 7.02. The lowest BCUT2D eigenvalue weighted by atomic mass is 9.96. The van der Waals surface area contributed by atoms with Crippen molar-refractivity contribution in [2.75, 3.05) is 18.1 Å². The maximum Gasteiger partial charge on any atom is 0.152 e. The summed E-state index contributed by atoms with van der Waals surface area (Å²) in [6.07, 6.45) is 6.99. The maximum absolute atomic E-state index is 11.6. The van der Waals surface area contributed by atoms with Gasteiger partial charge < -0.3 is 5.32 Å². The quantitative estimate of drug-likeness (QED) is 0.870. The summed E-state index contributed by atoms with van der Waals surface area (Å²) in [5.41, 5.74) is 2.84. The van der Waals surface area contributed by atoms with Gasteiger partial charge >= 0.3 is 0 Å². The number of nitrogens with zero attached hydrogens (tertiary/aromatic N) is 2. The highest BCUT2D eigenvalue weighted by atomic mass is 32.2. The molecule has 1 aromatic heterocycles. The van der Waals surface area contributed by atoms with Crippen LogP contribution in [0.5, 0.6) is 0 Å². The molecule has 1 saturated carbocycles. The average Bonchev–Trinajstić information content (AvgIpc) is 3.05. The van der Waals surface area contributed by atoms with E-state index in [0.29, 0.717) is 11.8 Å². The van der Waals surface area contributed by atoms with Gasteiger partial charge in [0.15, 0.2) is 9.84 Å². The number of nitrogens with one attached hydrogen (secondary N) is 1. The number of rotatable bonds is 6. The van der Waals surface area contributed by atoms with Gasteiger partial charge in [-0.2, -0.15) is 5.10 Å². The van der Waals surface area contributed by atoms with Crippen molar-refractivity contribution < 1.29 is 8.42 Å². The maximum atomic E-state index is 11.6. The van der Waals surface area contributed by atoms with Crippen LogP contribution in [0.1, 0.15) is 36.4 Å². The van der Waals surface area contributed by atoms with Crippen molar-refractivity contribution in [3.05, 3.63) is 53.9 Å². The number of benzene rings is 1. The Bertz CT molecular complexity index is 810. The van der Waals surface area contributed by atoms with Crippen molar-refractivity contribution in [1.82, 2.24) is 15.1 Å². The van der Waals surface area contributed by atoms with Gasteiger partial charge in [-0.3, -0.25) is 4.68 Å². The van der Waals surface area contributed by atoms with E-state index in [1.165, 1.54) is 18.4 Å². The normalized spacial score (nSPS) is 24.1. The smallest absolute Gasteiger partial charge is 0.152 e. The van der Waals surface area contributed by atoms with E-state index in [0.717, 1.165) is 18.7 Å². The fourth-order valence-electron chi connectivity index (χ4n) is 3.61. The minimum atomic E-state index is -2.87. The van der Waals surface area contributed by atoms with Gasteiger partial charge in [-0.25, -0.2) is 8.42 Å². The van der Waals surface area contributed by atoms with Crippen molar-refractivity contribution in [1.29, 1.82) is 0 Å². The Morgan fingerprint density at radius 1 is 1.25 bits per heavy atom. The van der Waals surface area contributed by atoms with E-state index in [2.05, 4.69) is 40.7 Å². The molecule has 2 aromatic rings. The van der Waals surface area contributed by atoms with Gasteiger partial charge in [0.25, 0.3) is 0 Å². The molecule has 2 fully saturated rings. The van der Waals surface area contributed by atoms with Crippen molar-refractivity contribution in [3.8, 4) is 0 Å². The summed E-state index contributed by atoms with van der Waals surface area (Å²) in [6, 6.07) is 10.7. The van der Waals surface area contributed by atoms with E-state index in [9.17, 15) is 8.42 Å². The molecular formula is C18H23N3O2S. The highest BCUT2D eigenvalue weighted by Crippen LogP contribution is 2.47. The van der Waals surface area contributed by atoms with Crippen molar-refractivity contribution in [2.24, 2.45) is 0 Å². The Balaban J connectivity index is 1.33. The SMILES string of the molecule is O=S1(=O)CCC(n2cc(CNCC3(c4ccccc4)CC3)cn2)C1. The molecule has 6 heteroatoms. The number of hydrogen-bond acceptors (Lipinski definition) is 4. The van der Waals surface area contributed by atoms with Crippen LogP contribution in [-0.4, -0.2) is 36.2 Å². The topological polar surface area (TPSA) is 64.0 Å². The second kappa shape index (κ2) is 6.01. The van der Waals surface area contributed by atoms with E-state index in [-0.39, 0.29) is 17.5 Å². The summed E-state index contributed by atoms with van der Waals surface area (Å²) in [6.45, 7) is 1.74. The summed E-state index contributed by atoms with van der Waals surface area (Å²) < 4.78 is 25.0. The average molecular weight is 345 g/mol. The summed E-state index contributed by atoms with van der Waals surface area (Å²) in [5, 5.41) is 7.92. The third kappa shape index (κ3) is 3.26. The van der Waals surface area contributed by atoms with Crippen molar-refractivity contribution in [2.45, 2.75) is 37.3 Å². The lowest BCUT2D eigenvalue weighted by molar-refractivity contribution is 0.498. The van der Waals surface area contributed by atoms with Crippen LogP contribution in [0.15, 0.2) is 42.7 Å². The second-order valence-corrected chi connectivity index (χ2v) is 9.36. The molecule has 4 rings (SSSR count). The largest absolute Gasteiger partial charge is 0.312 e. The highest BCUT2D eigenvalue weighted by molar-refractivity contribution is 7.91. The van der Waals surface area contributed by atoms with Crippen molar-refractivity contribution in [3.63, 3.8) is 0 Å². The lowest BCUT2D eigenvalue weighted by Crippen LogP contribution is -2.26. The Hall–Kier alpha value is -1.66. The molecule has 1 aromatic carbocycles. The number of sulfone groups is 1. The van der Waals surface area contributed by atoms with Gasteiger partial charge in [0.2, 0.25) is 0 Å². The Labute approximate surface area is 143 Å². The fraction of sp³-hybridized carbons (Fsp3) is 0.500. The molecule has 1 aliphatic heterocycles. The third-order valence-electron chi connectivity index (χ3n) is 5.27. The van der Waals surface area contributed by atoms with Crippen LogP contribution < -0.4 is 5.32 Å². The zero-order valence-corrected chi connectivity index (χ0v) is 14.5. The minimum Gasteiger partial charge on any atom is -0.312 e. The zero-order chi connectivity index (χ0) is 16.6. The Kier molecular flexibility index (Phi) is 3.96. The molecule has 1 N–H and O–H groups in total. The number of hydrogen-bond donors (Lipinski definition) is 1. The first-order chi connectivity index (χ1) is 11.6. The number of aromatic nitrogens is 2. The summed E-state index contributed by atoms with van der Waals surface area (Å²) in [7, 11) is -2.87. The van der Waals surface area contributed by atoms with Crippen LogP contribution in [0, 0.1) is 0 Å². The van der Waals surface area contributed by atoms with E-state index in [1.54, 1.807) is 0 Å². The van der Waals surface area contributed by atoms with Crippen LogP contribution in [0.4, 0.5) is 0 Å². The monoisotopic (exact) mass is 345 g/mol. The van der Waals surface area contributed by atoms with Crippen LogP contribution >= 0.6 is 0 Å². The predicted octanol–water partition coefficient (Wildman–Crippen LogP) is 2.06. The molecule has 0 spiro atoms. The molecule has 1 aliphatic carbocycles. The van der Waals surface area contributed by atoms with Gasteiger partial charge in [0.05, 0.1) is 23.7 Å². The van der Waals surface area contributed by atoms with Gasteiger partial charge in [-0.05, 0) is 24.8 Å². The molecule has 1 unspecified atom stereocenters. The van der Waals surface area contributed by atoms with E-state index in [4.69, 9.17) is 0 Å². The predicted molar refractivity (Wildman–Crippen MR) is 93.6 cm³/mol. The molecule has 5 nitrogen and oxygen atoms in total. The zero-order valence-electron chi connectivity index (χ0n) is 13.7. The Morgan fingerprint density at radius 2 is 2.04 bits per heavy atom. The summed E-state index contributed by atoms with van der Waals surface area (Å²) in [5.74, 6) is 0.503. The summed E-state index contributed by atoms with van der Waals surface area (Å²) in [4.78, 5) is 0. The molecular weight excluding hydrogens is 322 g/mol. The first-order valence-electron chi connectivity index (χ1n) is 8.56. The van der Waals surface area contributed by atoms with Crippen LogP contribution in [-0.2, 0) is 21.8 Å². The first kappa shape index (κ1) is 15.8. The van der Waals surface area contributed by atoms with Crippen LogP contribution in [0.25, 0.3) is 0 Å². The highest BCUT2D eigenvalue weighted by Gasteiger charge is 2.43. The molecule has 2 aliphatic rings. The molecule has 1 atom stereocenters. The van der Waals surface area contributed by atoms with Crippen LogP contribution in [0.3, 0.4) is 0 Å². The van der Waals surface area contributed by atoms with Gasteiger partial charge in [-0.15, -0.1) is 0 Å². The van der Waals surface area contributed by atoms with Gasteiger partial charge in [0.1, 0.15) is 0 Å². The van der Waals surface area contributed by atoms with E-state index in [1.807, 2.05) is 17.1 Å². The molecule has 24 heavy (non-hydrogen) atoms. The second-order valence-electron chi connectivity index (χ2n) is 7.14. The fourth-order valence-corrected chi connectivity index (χ4v) is 5.31. The van der Waals surface area contributed by atoms with E-state index >= 15 is 0 Å². The molecule has 2 heterocycles. The lowest BCUT2D eigenvalue weighted by Gasteiger charge is -2.16. The van der Waals surface area contributed by atoms with E-state index < -0.39 is 9.84 Å². The first-order valence-corrected chi connectivity index (χ1v) is 10.4. The molecule has 0 amide bonds. The molecule has 128 valence electrons. The minimum absolute atomic E-state index is 0.00263. The standard InChI is InChI=1S/C18H23N3O2S/c22-24(23)9-6-17(13-24)21-12-15(11-20-21)10-19-14-18(7-8-18)16-4-2-1-3-5-16/h1-5,11-12,17,19H,6-10,13-14H2. The molecule has 0 radical (unpaired) electrons. The summed E-state index contributed by atoms with van der Waals surface area (Å²) >= 11 is 0. The van der Waals surface area contributed by atoms with Gasteiger partial charge in [-0.1, -0.05) is 30.3 Å². The molecule has 1 saturated heterocycles. The van der Waals surface area contributed by atoms with Crippen molar-refractivity contribution >= 4 is 9.84 Å². The Morgan fingerprint density at radius 3 is 2.71 bits per heavy atom. The van der Waals surface area contributed by atoms with Gasteiger partial charge in [0, 0.05) is 30.3 Å². The molecule has 0 bridgehead atoms. The van der Waals surface area contributed by atoms with Crippen LogP contribution in [0.2, 0.25) is 0 Å².